The number of carbonyl (C=O) groups excluding carboxylic acids is 1. The molecule has 2 N–H and O–H groups in total. The van der Waals surface area contributed by atoms with E-state index in [2.05, 4.69) is 26.6 Å². The number of urea groups is 1. The van der Waals surface area contributed by atoms with E-state index in [9.17, 15) is 9.18 Å². The van der Waals surface area contributed by atoms with E-state index in [0.717, 1.165) is 0 Å². The maximum atomic E-state index is 12.9. The number of ether oxygens (including phenoxy) is 1. The first-order valence-electron chi connectivity index (χ1n) is 7.56. The Hall–Kier alpha value is -2.57. The van der Waals surface area contributed by atoms with Gasteiger partial charge in [0.2, 0.25) is 0 Å². The van der Waals surface area contributed by atoms with Crippen LogP contribution in [-0.4, -0.2) is 6.03 Å². The van der Waals surface area contributed by atoms with Crippen LogP contribution in [0.4, 0.5) is 20.6 Å². The Bertz CT molecular complexity index is 935. The van der Waals surface area contributed by atoms with E-state index in [-0.39, 0.29) is 5.82 Å². The highest BCUT2D eigenvalue weighted by molar-refractivity contribution is 9.10. The maximum absolute atomic E-state index is 12.9. The van der Waals surface area contributed by atoms with Crippen LogP contribution in [0.5, 0.6) is 11.5 Å². The van der Waals surface area contributed by atoms with E-state index in [1.807, 2.05) is 0 Å². The van der Waals surface area contributed by atoms with E-state index < -0.39 is 6.03 Å². The largest absolute Gasteiger partial charge is 0.456 e. The summed E-state index contributed by atoms with van der Waals surface area (Å²) in [6, 6.07) is 17.3. The number of amides is 2. The second-order valence-corrected chi connectivity index (χ2v) is 6.58. The van der Waals surface area contributed by atoms with Gasteiger partial charge in [0.05, 0.1) is 4.47 Å². The fourth-order valence-electron chi connectivity index (χ4n) is 2.15. The molecule has 0 spiro atoms. The van der Waals surface area contributed by atoms with E-state index in [1.54, 1.807) is 42.5 Å². The molecular formula is C19H13BrClFN2O2. The monoisotopic (exact) mass is 434 g/mol. The van der Waals surface area contributed by atoms with Gasteiger partial charge < -0.3 is 15.4 Å². The van der Waals surface area contributed by atoms with Crippen molar-refractivity contribution >= 4 is 44.9 Å². The molecule has 132 valence electrons. The normalized spacial score (nSPS) is 10.3. The quantitative estimate of drug-likeness (QED) is 0.480. The SMILES string of the molecule is O=C(Nc1cccc(Cl)c1)Nc1ccc(Oc2ccc(F)cc2)c(Br)c1. The van der Waals surface area contributed by atoms with E-state index in [4.69, 9.17) is 16.3 Å². The molecule has 0 unspecified atom stereocenters. The molecule has 0 aromatic heterocycles. The molecule has 3 aromatic carbocycles. The van der Waals surface area contributed by atoms with Gasteiger partial charge in [-0.1, -0.05) is 17.7 Å². The van der Waals surface area contributed by atoms with E-state index >= 15 is 0 Å². The molecule has 0 radical (unpaired) electrons. The van der Waals surface area contributed by atoms with Crippen molar-refractivity contribution in [1.29, 1.82) is 0 Å². The molecule has 0 atom stereocenters. The second kappa shape index (κ2) is 8.21. The van der Waals surface area contributed by atoms with Crippen LogP contribution in [0.15, 0.2) is 71.2 Å². The third-order valence-electron chi connectivity index (χ3n) is 3.31. The first-order valence-corrected chi connectivity index (χ1v) is 8.73. The number of carbonyl (C=O) groups is 1. The molecule has 26 heavy (non-hydrogen) atoms. The lowest BCUT2D eigenvalue weighted by Gasteiger charge is -2.11. The predicted molar refractivity (Wildman–Crippen MR) is 105 cm³/mol. The number of rotatable bonds is 4. The van der Waals surface area contributed by atoms with Crippen molar-refractivity contribution in [2.75, 3.05) is 10.6 Å². The minimum Gasteiger partial charge on any atom is -0.456 e. The fraction of sp³-hybridized carbons (Fsp3) is 0. The van der Waals surface area contributed by atoms with E-state index in [0.29, 0.717) is 32.4 Å². The number of benzene rings is 3. The van der Waals surface area contributed by atoms with Crippen molar-refractivity contribution in [2.45, 2.75) is 0 Å². The van der Waals surface area contributed by atoms with Crippen molar-refractivity contribution < 1.29 is 13.9 Å². The van der Waals surface area contributed by atoms with Crippen LogP contribution in [0.2, 0.25) is 5.02 Å². The molecule has 2 amide bonds. The van der Waals surface area contributed by atoms with Crippen LogP contribution in [0.1, 0.15) is 0 Å². The summed E-state index contributed by atoms with van der Waals surface area (Å²) >= 11 is 9.29. The zero-order chi connectivity index (χ0) is 18.5. The zero-order valence-corrected chi connectivity index (χ0v) is 15.6. The van der Waals surface area contributed by atoms with Crippen LogP contribution in [0.3, 0.4) is 0 Å². The highest BCUT2D eigenvalue weighted by Crippen LogP contribution is 2.32. The van der Waals surface area contributed by atoms with Crippen LogP contribution in [0.25, 0.3) is 0 Å². The van der Waals surface area contributed by atoms with Crippen molar-refractivity contribution in [1.82, 2.24) is 0 Å². The van der Waals surface area contributed by atoms with Crippen molar-refractivity contribution in [3.63, 3.8) is 0 Å². The highest BCUT2D eigenvalue weighted by atomic mass is 79.9. The zero-order valence-electron chi connectivity index (χ0n) is 13.3. The summed E-state index contributed by atoms with van der Waals surface area (Å²) in [7, 11) is 0. The summed E-state index contributed by atoms with van der Waals surface area (Å²) in [5.74, 6) is 0.714. The molecule has 7 heteroatoms. The molecule has 3 rings (SSSR count). The topological polar surface area (TPSA) is 50.4 Å². The smallest absolute Gasteiger partial charge is 0.323 e. The van der Waals surface area contributed by atoms with Gasteiger partial charge in [-0.05, 0) is 76.6 Å². The Morgan fingerprint density at radius 3 is 2.31 bits per heavy atom. The molecule has 0 saturated carbocycles. The van der Waals surface area contributed by atoms with Crippen molar-refractivity contribution in [3.8, 4) is 11.5 Å². The first kappa shape index (κ1) is 18.2. The lowest BCUT2D eigenvalue weighted by atomic mass is 10.3. The molecule has 0 heterocycles. The van der Waals surface area contributed by atoms with Gasteiger partial charge in [0.25, 0.3) is 0 Å². The Balaban J connectivity index is 1.65. The molecule has 0 bridgehead atoms. The molecule has 0 fully saturated rings. The van der Waals surface area contributed by atoms with Crippen LogP contribution < -0.4 is 15.4 Å². The summed E-state index contributed by atoms with van der Waals surface area (Å²) in [5, 5.41) is 5.95. The number of hydrogen-bond acceptors (Lipinski definition) is 2. The minimum atomic E-state index is -0.397. The number of hydrogen-bond donors (Lipinski definition) is 2. The van der Waals surface area contributed by atoms with E-state index in [1.165, 1.54) is 24.3 Å². The number of halogens is 3. The first-order chi connectivity index (χ1) is 12.5. The number of nitrogens with one attached hydrogen (secondary N) is 2. The Labute approximate surface area is 163 Å². The lowest BCUT2D eigenvalue weighted by molar-refractivity contribution is 0.262. The summed E-state index contributed by atoms with van der Waals surface area (Å²) in [5.41, 5.74) is 1.16. The molecule has 0 aliphatic heterocycles. The van der Waals surface area contributed by atoms with Gasteiger partial charge in [-0.15, -0.1) is 0 Å². The Kier molecular flexibility index (Phi) is 5.75. The predicted octanol–water partition coefficient (Wildman–Crippen LogP) is 6.68. The second-order valence-electron chi connectivity index (χ2n) is 5.29. The molecule has 4 nitrogen and oxygen atoms in total. The molecule has 0 aliphatic rings. The minimum absolute atomic E-state index is 0.332. The van der Waals surface area contributed by atoms with Gasteiger partial charge in [0.15, 0.2) is 0 Å². The molecule has 3 aromatic rings. The van der Waals surface area contributed by atoms with Gasteiger partial charge in [-0.2, -0.15) is 0 Å². The lowest BCUT2D eigenvalue weighted by Crippen LogP contribution is -2.19. The summed E-state index contributed by atoms with van der Waals surface area (Å²) in [4.78, 5) is 12.1. The van der Waals surface area contributed by atoms with Crippen LogP contribution >= 0.6 is 27.5 Å². The average Bonchev–Trinajstić information content (AvgIpc) is 2.59. The maximum Gasteiger partial charge on any atom is 0.323 e. The Morgan fingerprint density at radius 2 is 1.65 bits per heavy atom. The van der Waals surface area contributed by atoms with Crippen LogP contribution in [-0.2, 0) is 0 Å². The highest BCUT2D eigenvalue weighted by Gasteiger charge is 2.08. The average molecular weight is 436 g/mol. The van der Waals surface area contributed by atoms with Crippen molar-refractivity contribution in [2.24, 2.45) is 0 Å². The summed E-state index contributed by atoms with van der Waals surface area (Å²) in [6.07, 6.45) is 0. The fourth-order valence-corrected chi connectivity index (χ4v) is 2.80. The van der Waals surface area contributed by atoms with Gasteiger partial charge in [0, 0.05) is 16.4 Å². The van der Waals surface area contributed by atoms with Gasteiger partial charge >= 0.3 is 6.03 Å². The number of anilines is 2. The Morgan fingerprint density at radius 1 is 0.962 bits per heavy atom. The van der Waals surface area contributed by atoms with Gasteiger partial charge in [-0.3, -0.25) is 0 Å². The third kappa shape index (κ3) is 4.97. The summed E-state index contributed by atoms with van der Waals surface area (Å²) < 4.78 is 19.3. The third-order valence-corrected chi connectivity index (χ3v) is 4.17. The molecular weight excluding hydrogens is 423 g/mol. The summed E-state index contributed by atoms with van der Waals surface area (Å²) in [6.45, 7) is 0. The van der Waals surface area contributed by atoms with Crippen molar-refractivity contribution in [3.05, 3.63) is 82.0 Å². The molecule has 0 saturated heterocycles. The standard InChI is InChI=1S/C19H13BrClFN2O2/c20-17-11-15(24-19(25)23-14-3-1-2-12(21)10-14)6-9-18(17)26-16-7-4-13(22)5-8-16/h1-11H,(H2,23,24,25). The molecule has 0 aliphatic carbocycles. The van der Waals surface area contributed by atoms with Gasteiger partial charge in [-0.25, -0.2) is 9.18 Å². The van der Waals surface area contributed by atoms with Crippen LogP contribution in [0, 0.1) is 5.82 Å². The van der Waals surface area contributed by atoms with Gasteiger partial charge in [0.1, 0.15) is 17.3 Å².